The molecule has 0 radical (unpaired) electrons. The van der Waals surface area contributed by atoms with E-state index in [0.29, 0.717) is 16.3 Å². The summed E-state index contributed by atoms with van der Waals surface area (Å²) in [5.74, 6) is 0.453. The maximum atomic E-state index is 12.5. The number of ether oxygens (including phenoxy) is 2. The van der Waals surface area contributed by atoms with E-state index in [9.17, 15) is 9.59 Å². The summed E-state index contributed by atoms with van der Waals surface area (Å²) in [5, 5.41) is 0.363. The SMILES string of the molecule is CC(=O)c1cccc(OC2C[C@H]3CC[C@@H](C2)N3C(=O)OC(C)(C)C)c1Cl. The summed E-state index contributed by atoms with van der Waals surface area (Å²) in [6.07, 6.45) is 3.16. The molecule has 1 amide bonds. The predicted octanol–water partition coefficient (Wildman–Crippen LogP) is 4.85. The Morgan fingerprint density at radius 1 is 1.15 bits per heavy atom. The standard InChI is InChI=1S/C20H26ClNO4/c1-12(23)16-6-5-7-17(18(16)21)25-15-10-13-8-9-14(11-15)22(13)19(24)26-20(2,3)4/h5-7,13-15H,8-11H2,1-4H3/t13-,14+,15?. The van der Waals surface area contributed by atoms with E-state index >= 15 is 0 Å². The van der Waals surface area contributed by atoms with E-state index in [1.807, 2.05) is 25.7 Å². The van der Waals surface area contributed by atoms with Gasteiger partial charge in [-0.25, -0.2) is 4.79 Å². The third-order valence-corrected chi connectivity index (χ3v) is 5.32. The van der Waals surface area contributed by atoms with Crippen LogP contribution in [0.4, 0.5) is 4.79 Å². The molecule has 2 aliphatic heterocycles. The Hall–Kier alpha value is -1.75. The molecule has 26 heavy (non-hydrogen) atoms. The summed E-state index contributed by atoms with van der Waals surface area (Å²) in [6.45, 7) is 7.14. The number of carbonyl (C=O) groups excluding carboxylic acids is 2. The molecule has 2 fully saturated rings. The molecule has 1 aromatic carbocycles. The molecule has 1 unspecified atom stereocenters. The van der Waals surface area contributed by atoms with Crippen molar-refractivity contribution in [2.75, 3.05) is 0 Å². The summed E-state index contributed by atoms with van der Waals surface area (Å²) in [7, 11) is 0. The highest BCUT2D eigenvalue weighted by atomic mass is 35.5. The third-order valence-electron chi connectivity index (χ3n) is 4.93. The van der Waals surface area contributed by atoms with Crippen LogP contribution in [-0.4, -0.2) is 40.6 Å². The van der Waals surface area contributed by atoms with E-state index in [1.54, 1.807) is 18.2 Å². The van der Waals surface area contributed by atoms with Crippen molar-refractivity contribution >= 4 is 23.5 Å². The molecule has 2 heterocycles. The molecule has 3 atom stereocenters. The van der Waals surface area contributed by atoms with Crippen molar-refractivity contribution in [1.29, 1.82) is 0 Å². The van der Waals surface area contributed by atoms with Gasteiger partial charge in [0.1, 0.15) is 17.5 Å². The average molecular weight is 380 g/mol. The molecule has 2 saturated heterocycles. The Kier molecular flexibility index (Phi) is 5.20. The van der Waals surface area contributed by atoms with Crippen molar-refractivity contribution in [2.45, 2.75) is 77.2 Å². The monoisotopic (exact) mass is 379 g/mol. The van der Waals surface area contributed by atoms with Gasteiger partial charge in [-0.3, -0.25) is 4.79 Å². The van der Waals surface area contributed by atoms with E-state index in [0.717, 1.165) is 25.7 Å². The highest BCUT2D eigenvalue weighted by molar-refractivity contribution is 6.35. The van der Waals surface area contributed by atoms with Crippen molar-refractivity contribution in [3.8, 4) is 5.75 Å². The fourth-order valence-electron chi connectivity index (χ4n) is 3.89. The van der Waals surface area contributed by atoms with Gasteiger partial charge in [0.25, 0.3) is 0 Å². The molecule has 0 N–H and O–H groups in total. The number of hydrogen-bond donors (Lipinski definition) is 0. The van der Waals surface area contributed by atoms with Gasteiger partial charge in [-0.1, -0.05) is 17.7 Å². The first-order chi connectivity index (χ1) is 12.2. The van der Waals surface area contributed by atoms with Crippen LogP contribution in [0.15, 0.2) is 18.2 Å². The van der Waals surface area contributed by atoms with Crippen molar-refractivity contribution in [1.82, 2.24) is 4.90 Å². The minimum absolute atomic E-state index is 0.0223. The second-order valence-corrected chi connectivity index (χ2v) is 8.54. The number of hydrogen-bond acceptors (Lipinski definition) is 4. The van der Waals surface area contributed by atoms with Gasteiger partial charge >= 0.3 is 6.09 Å². The lowest BCUT2D eigenvalue weighted by Gasteiger charge is -2.39. The normalized spacial score (nSPS) is 25.1. The number of ketones is 1. The summed E-state index contributed by atoms with van der Waals surface area (Å²) in [6, 6.07) is 5.53. The number of halogens is 1. The summed E-state index contributed by atoms with van der Waals surface area (Å²) in [4.78, 5) is 26.1. The van der Waals surface area contributed by atoms with Gasteiger partial charge in [0.2, 0.25) is 0 Å². The fourth-order valence-corrected chi connectivity index (χ4v) is 4.19. The Morgan fingerprint density at radius 2 is 1.77 bits per heavy atom. The molecule has 5 nitrogen and oxygen atoms in total. The van der Waals surface area contributed by atoms with Gasteiger partial charge in [-0.05, 0) is 52.7 Å². The zero-order chi connectivity index (χ0) is 19.1. The quantitative estimate of drug-likeness (QED) is 0.704. The molecule has 1 aromatic rings. The number of benzene rings is 1. The average Bonchev–Trinajstić information content (AvgIpc) is 2.79. The molecular formula is C20H26ClNO4. The molecular weight excluding hydrogens is 354 g/mol. The first-order valence-electron chi connectivity index (χ1n) is 9.13. The van der Waals surface area contributed by atoms with E-state index in [2.05, 4.69) is 0 Å². The Bertz CT molecular complexity index is 698. The van der Waals surface area contributed by atoms with Crippen LogP contribution in [0.5, 0.6) is 5.75 Å². The number of piperidine rings is 1. The van der Waals surface area contributed by atoms with Gasteiger partial charge in [-0.2, -0.15) is 0 Å². The van der Waals surface area contributed by atoms with E-state index in [1.165, 1.54) is 6.92 Å². The van der Waals surface area contributed by atoms with Crippen LogP contribution in [0, 0.1) is 0 Å². The highest BCUT2D eigenvalue weighted by Gasteiger charge is 2.45. The van der Waals surface area contributed by atoms with Crippen molar-refractivity contribution in [2.24, 2.45) is 0 Å². The van der Waals surface area contributed by atoms with Crippen LogP contribution >= 0.6 is 11.6 Å². The van der Waals surface area contributed by atoms with Crippen LogP contribution in [0.1, 0.15) is 63.7 Å². The largest absolute Gasteiger partial charge is 0.489 e. The van der Waals surface area contributed by atoms with Crippen LogP contribution in [-0.2, 0) is 4.74 Å². The summed E-state index contributed by atoms with van der Waals surface area (Å²) < 4.78 is 11.7. The summed E-state index contributed by atoms with van der Waals surface area (Å²) in [5.41, 5.74) is -0.0248. The molecule has 0 aliphatic carbocycles. The van der Waals surface area contributed by atoms with Gasteiger partial charge in [0, 0.05) is 30.5 Å². The number of amides is 1. The predicted molar refractivity (Wildman–Crippen MR) is 100.0 cm³/mol. The Morgan fingerprint density at radius 3 is 2.31 bits per heavy atom. The molecule has 6 heteroatoms. The van der Waals surface area contributed by atoms with Crippen LogP contribution in [0.2, 0.25) is 5.02 Å². The Balaban J connectivity index is 1.69. The number of carbonyl (C=O) groups is 2. The third kappa shape index (κ3) is 3.98. The molecule has 3 rings (SSSR count). The van der Waals surface area contributed by atoms with E-state index in [-0.39, 0.29) is 30.1 Å². The Labute approximate surface area is 159 Å². The van der Waals surface area contributed by atoms with Gasteiger partial charge in [0.05, 0.1) is 5.02 Å². The van der Waals surface area contributed by atoms with Crippen molar-refractivity contribution in [3.05, 3.63) is 28.8 Å². The maximum Gasteiger partial charge on any atom is 0.410 e. The van der Waals surface area contributed by atoms with E-state index < -0.39 is 5.60 Å². The minimum Gasteiger partial charge on any atom is -0.489 e. The first kappa shape index (κ1) is 19.0. The zero-order valence-corrected chi connectivity index (χ0v) is 16.5. The van der Waals surface area contributed by atoms with Gasteiger partial charge < -0.3 is 14.4 Å². The maximum absolute atomic E-state index is 12.5. The van der Waals surface area contributed by atoms with Crippen molar-refractivity contribution in [3.63, 3.8) is 0 Å². The lowest BCUT2D eigenvalue weighted by atomic mass is 10.00. The smallest absolute Gasteiger partial charge is 0.410 e. The first-order valence-corrected chi connectivity index (χ1v) is 9.51. The topological polar surface area (TPSA) is 55.8 Å². The summed E-state index contributed by atoms with van der Waals surface area (Å²) >= 11 is 6.33. The van der Waals surface area contributed by atoms with Crippen molar-refractivity contribution < 1.29 is 19.1 Å². The van der Waals surface area contributed by atoms with Gasteiger partial charge in [-0.15, -0.1) is 0 Å². The fraction of sp³-hybridized carbons (Fsp3) is 0.600. The van der Waals surface area contributed by atoms with E-state index in [4.69, 9.17) is 21.1 Å². The molecule has 2 aliphatic rings. The number of Topliss-reactive ketones (excluding diaryl/α,β-unsaturated/α-hetero) is 1. The molecule has 0 spiro atoms. The highest BCUT2D eigenvalue weighted by Crippen LogP contribution is 2.39. The van der Waals surface area contributed by atoms with Crippen LogP contribution in [0.25, 0.3) is 0 Å². The molecule has 0 saturated carbocycles. The lowest BCUT2D eigenvalue weighted by molar-refractivity contribution is -0.00709. The second-order valence-electron chi connectivity index (χ2n) is 8.16. The molecule has 142 valence electrons. The number of rotatable bonds is 3. The number of fused-ring (bicyclic) bond motifs is 2. The molecule has 0 aromatic heterocycles. The van der Waals surface area contributed by atoms with Gasteiger partial charge in [0.15, 0.2) is 5.78 Å². The molecule has 2 bridgehead atoms. The minimum atomic E-state index is -0.496. The van der Waals surface area contributed by atoms with Crippen LogP contribution in [0.3, 0.4) is 0 Å². The van der Waals surface area contributed by atoms with Crippen LogP contribution < -0.4 is 4.74 Å². The zero-order valence-electron chi connectivity index (χ0n) is 15.8. The number of nitrogens with zero attached hydrogens (tertiary/aromatic N) is 1. The second kappa shape index (κ2) is 7.10. The lowest BCUT2D eigenvalue weighted by Crippen LogP contribution is -2.50.